The van der Waals surface area contributed by atoms with Gasteiger partial charge in [0, 0.05) is 29.6 Å². The van der Waals surface area contributed by atoms with Crippen LogP contribution in [0.5, 0.6) is 0 Å². The van der Waals surface area contributed by atoms with Gasteiger partial charge in [0.2, 0.25) is 0 Å². The minimum atomic E-state index is -0.414. The first-order valence-corrected chi connectivity index (χ1v) is 11.5. The summed E-state index contributed by atoms with van der Waals surface area (Å²) in [5.74, 6) is 1.27. The molecule has 4 heterocycles. The molecule has 2 aliphatic heterocycles. The molecule has 2 aromatic heterocycles. The second-order valence-corrected chi connectivity index (χ2v) is 9.82. The third-order valence-electron chi connectivity index (χ3n) is 5.71. The van der Waals surface area contributed by atoms with Gasteiger partial charge in [0.15, 0.2) is 6.17 Å². The Labute approximate surface area is 189 Å². The Balaban J connectivity index is 1.41. The first kappa shape index (κ1) is 19.9. The summed E-state index contributed by atoms with van der Waals surface area (Å²) in [5.41, 5.74) is 2.82. The van der Waals surface area contributed by atoms with Gasteiger partial charge in [0.1, 0.15) is 16.5 Å². The summed E-state index contributed by atoms with van der Waals surface area (Å²) < 4.78 is 6.04. The fourth-order valence-corrected chi connectivity index (χ4v) is 5.63. The molecule has 0 radical (unpaired) electrons. The molecule has 0 bridgehead atoms. The number of carbonyl (C=O) groups is 1. The van der Waals surface area contributed by atoms with Crippen molar-refractivity contribution in [2.45, 2.75) is 39.0 Å². The first-order valence-electron chi connectivity index (χ1n) is 9.92. The van der Waals surface area contributed by atoms with Crippen LogP contribution < -0.4 is 10.6 Å². The highest BCUT2D eigenvalue weighted by Gasteiger charge is 2.34. The minimum absolute atomic E-state index is 0.0447. The van der Waals surface area contributed by atoms with Gasteiger partial charge < -0.3 is 15.1 Å². The fourth-order valence-electron chi connectivity index (χ4n) is 4.03. The van der Waals surface area contributed by atoms with Crippen molar-refractivity contribution < 1.29 is 9.21 Å². The van der Waals surface area contributed by atoms with E-state index < -0.39 is 6.17 Å². The van der Waals surface area contributed by atoms with Crippen LogP contribution in [0, 0.1) is 0 Å². The Morgan fingerprint density at radius 1 is 1.17 bits per heavy atom. The van der Waals surface area contributed by atoms with E-state index in [9.17, 15) is 4.79 Å². The normalized spacial score (nSPS) is 18.7. The van der Waals surface area contributed by atoms with Gasteiger partial charge in [-0.3, -0.25) is 9.69 Å². The lowest BCUT2D eigenvalue weighted by molar-refractivity contribution is 0.0930. The number of halogens is 2. The van der Waals surface area contributed by atoms with Crippen LogP contribution in [0.2, 0.25) is 10.0 Å². The first-order chi connectivity index (χ1) is 14.4. The molecular formula is C22H21Cl2N3O2S. The molecule has 8 heteroatoms. The molecule has 0 aliphatic carbocycles. The number of thiophene rings is 1. The molecule has 156 valence electrons. The van der Waals surface area contributed by atoms with Crippen molar-refractivity contribution in [3.63, 3.8) is 0 Å². The van der Waals surface area contributed by atoms with E-state index in [1.165, 1.54) is 10.4 Å². The van der Waals surface area contributed by atoms with Crippen LogP contribution in [0.4, 0.5) is 5.00 Å². The summed E-state index contributed by atoms with van der Waals surface area (Å²) in [4.78, 5) is 16.7. The van der Waals surface area contributed by atoms with Gasteiger partial charge in [-0.1, -0.05) is 23.2 Å². The smallest absolute Gasteiger partial charge is 0.256 e. The molecular weight excluding hydrogens is 441 g/mol. The van der Waals surface area contributed by atoms with Gasteiger partial charge in [-0.25, -0.2) is 0 Å². The van der Waals surface area contributed by atoms with Crippen molar-refractivity contribution in [3.8, 4) is 11.3 Å². The number of nitrogens with zero attached hydrogens (tertiary/aromatic N) is 1. The van der Waals surface area contributed by atoms with Gasteiger partial charge in [0.05, 0.1) is 15.6 Å². The summed E-state index contributed by atoms with van der Waals surface area (Å²) >= 11 is 13.8. The highest BCUT2D eigenvalue weighted by Crippen LogP contribution is 2.41. The molecule has 1 amide bonds. The molecule has 1 aromatic carbocycles. The second kappa shape index (κ2) is 7.61. The minimum Gasteiger partial charge on any atom is -0.457 e. The summed E-state index contributed by atoms with van der Waals surface area (Å²) in [5, 5.41) is 8.40. The Bertz CT molecular complexity index is 1140. The topological polar surface area (TPSA) is 57.5 Å². The number of hydrogen-bond acceptors (Lipinski definition) is 5. The Kier molecular flexibility index (Phi) is 5.06. The number of carbonyl (C=O) groups excluding carboxylic acids is 1. The number of benzene rings is 1. The Morgan fingerprint density at radius 2 is 2.00 bits per heavy atom. The van der Waals surface area contributed by atoms with Gasteiger partial charge in [-0.2, -0.15) is 0 Å². The number of fused-ring (bicyclic) bond motifs is 3. The molecule has 0 fully saturated rings. The molecule has 3 aromatic rings. The zero-order valence-electron chi connectivity index (χ0n) is 16.6. The highest BCUT2D eigenvalue weighted by molar-refractivity contribution is 7.16. The molecule has 0 unspecified atom stereocenters. The van der Waals surface area contributed by atoms with Gasteiger partial charge in [-0.05, 0) is 56.2 Å². The number of nitrogens with one attached hydrogen (secondary N) is 2. The summed E-state index contributed by atoms with van der Waals surface area (Å²) in [6.07, 6.45) is 0.490. The molecule has 5 nitrogen and oxygen atoms in total. The quantitative estimate of drug-likeness (QED) is 0.506. The monoisotopic (exact) mass is 461 g/mol. The van der Waals surface area contributed by atoms with E-state index >= 15 is 0 Å². The van der Waals surface area contributed by atoms with Crippen molar-refractivity contribution in [1.82, 2.24) is 10.2 Å². The average molecular weight is 462 g/mol. The lowest BCUT2D eigenvalue weighted by Crippen LogP contribution is -2.39. The van der Waals surface area contributed by atoms with Crippen LogP contribution in [0.15, 0.2) is 34.7 Å². The van der Waals surface area contributed by atoms with Crippen LogP contribution in [0.1, 0.15) is 46.6 Å². The van der Waals surface area contributed by atoms with Crippen molar-refractivity contribution in [3.05, 3.63) is 62.1 Å². The maximum atomic E-state index is 12.9. The Hall–Kier alpha value is -1.99. The van der Waals surface area contributed by atoms with Gasteiger partial charge >= 0.3 is 0 Å². The van der Waals surface area contributed by atoms with E-state index in [1.54, 1.807) is 23.5 Å². The standard InChI is InChI=1S/C22H21Cl2N3O2S/c1-11(2)27-8-7-13-18(10-27)30-22-19(13)21(28)25-20(26-22)17-6-5-16(29-17)12-3-4-14(23)15(24)9-12/h3-6,9,11,20,26H,7-8,10H2,1-2H3,(H,25,28)/t20-/m1/s1. The van der Waals surface area contributed by atoms with Gasteiger partial charge in [0.25, 0.3) is 5.91 Å². The second-order valence-electron chi connectivity index (χ2n) is 7.90. The molecule has 0 spiro atoms. The van der Waals surface area contributed by atoms with Crippen molar-refractivity contribution in [1.29, 1.82) is 0 Å². The molecule has 0 saturated carbocycles. The summed E-state index contributed by atoms with van der Waals surface area (Å²) in [6, 6.07) is 9.61. The lowest BCUT2D eigenvalue weighted by atomic mass is 10.0. The number of rotatable bonds is 3. The number of furan rings is 1. The molecule has 5 rings (SSSR count). The maximum absolute atomic E-state index is 12.9. The molecule has 30 heavy (non-hydrogen) atoms. The lowest BCUT2D eigenvalue weighted by Gasteiger charge is -2.30. The predicted molar refractivity (Wildman–Crippen MR) is 122 cm³/mol. The zero-order valence-corrected chi connectivity index (χ0v) is 18.9. The predicted octanol–water partition coefficient (Wildman–Crippen LogP) is 5.94. The van der Waals surface area contributed by atoms with Gasteiger partial charge in [-0.15, -0.1) is 11.3 Å². The third-order valence-corrected chi connectivity index (χ3v) is 7.60. The third kappa shape index (κ3) is 3.42. The van der Waals surface area contributed by atoms with Crippen molar-refractivity contribution in [2.75, 3.05) is 11.9 Å². The SMILES string of the molecule is CC(C)N1CCc2c(sc3c2C(=O)N[C@@H](c2ccc(-c4ccc(Cl)c(Cl)c4)o2)N3)C1. The number of hydrogen-bond donors (Lipinski definition) is 2. The average Bonchev–Trinajstić information content (AvgIpc) is 3.34. The largest absolute Gasteiger partial charge is 0.457 e. The van der Waals surface area contributed by atoms with Crippen LogP contribution in [-0.4, -0.2) is 23.4 Å². The van der Waals surface area contributed by atoms with Crippen LogP contribution in [-0.2, 0) is 13.0 Å². The fraction of sp³-hybridized carbons (Fsp3) is 0.318. The molecule has 2 N–H and O–H groups in total. The molecule has 2 aliphatic rings. The van der Waals surface area contributed by atoms with Crippen LogP contribution >= 0.6 is 34.5 Å². The molecule has 0 saturated heterocycles. The van der Waals surface area contributed by atoms with Crippen molar-refractivity contribution in [2.24, 2.45) is 0 Å². The van der Waals surface area contributed by atoms with E-state index in [-0.39, 0.29) is 5.91 Å². The van der Waals surface area contributed by atoms with E-state index in [0.29, 0.717) is 27.6 Å². The summed E-state index contributed by atoms with van der Waals surface area (Å²) in [7, 11) is 0. The van der Waals surface area contributed by atoms with Crippen molar-refractivity contribution >= 4 is 45.4 Å². The number of anilines is 1. The van der Waals surface area contributed by atoms with Crippen LogP contribution in [0.3, 0.4) is 0 Å². The van der Waals surface area contributed by atoms with E-state index in [1.807, 2.05) is 18.2 Å². The van der Waals surface area contributed by atoms with E-state index in [0.717, 1.165) is 35.6 Å². The number of amides is 1. The van der Waals surface area contributed by atoms with E-state index in [4.69, 9.17) is 27.6 Å². The Morgan fingerprint density at radius 3 is 2.77 bits per heavy atom. The van der Waals surface area contributed by atoms with Crippen LogP contribution in [0.25, 0.3) is 11.3 Å². The van der Waals surface area contributed by atoms with E-state index in [2.05, 4.69) is 29.4 Å². The molecule has 1 atom stereocenters. The highest BCUT2D eigenvalue weighted by atomic mass is 35.5. The maximum Gasteiger partial charge on any atom is 0.256 e. The summed E-state index contributed by atoms with van der Waals surface area (Å²) in [6.45, 7) is 6.30. The zero-order chi connectivity index (χ0) is 21.0.